The maximum atomic E-state index is 13.6. The molecule has 0 bridgehead atoms. The highest BCUT2D eigenvalue weighted by atomic mass is 32.2. The molecule has 1 aliphatic heterocycles. The number of carbonyl (C=O) groups is 2. The minimum Gasteiger partial charge on any atom is -0.493 e. The third-order valence-electron chi connectivity index (χ3n) is 6.15. The fourth-order valence-electron chi connectivity index (χ4n) is 4.30. The molecule has 1 aromatic heterocycles. The zero-order valence-electron chi connectivity index (χ0n) is 19.6. The normalized spacial score (nSPS) is 15.0. The number of thioether (sulfide) groups is 1. The Hall–Kier alpha value is -3.04. The highest BCUT2D eigenvalue weighted by molar-refractivity contribution is 7.99. The number of amides is 2. The van der Waals surface area contributed by atoms with E-state index in [9.17, 15) is 14.0 Å². The maximum Gasteiger partial charge on any atom is 0.245 e. The molecule has 186 valence electrons. The third kappa shape index (κ3) is 6.76. The molecular formula is C26H31FN4O3S. The standard InChI is InChI=1S/C26H31FN4O3S/c27-20-6-7-23-22(16-20)19(17-30-23)8-11-29-25(33)26(9-12-28-13-10-26)31-24(32)18-35-15-14-34-21-4-2-1-3-5-21/h1-7,16-17,28,30H,8-15,18H2,(H,29,33)(H,31,32). The van der Waals surface area contributed by atoms with Gasteiger partial charge in [0.1, 0.15) is 17.1 Å². The molecular weight excluding hydrogens is 467 g/mol. The van der Waals surface area contributed by atoms with E-state index in [0.717, 1.165) is 22.2 Å². The van der Waals surface area contributed by atoms with Crippen LogP contribution in [0.15, 0.2) is 54.7 Å². The number of nitrogens with one attached hydrogen (secondary N) is 4. The van der Waals surface area contributed by atoms with Crippen molar-refractivity contribution >= 4 is 34.5 Å². The van der Waals surface area contributed by atoms with Crippen molar-refractivity contribution in [3.05, 3.63) is 66.1 Å². The number of aromatic amines is 1. The summed E-state index contributed by atoms with van der Waals surface area (Å²) in [5.74, 6) is 1.13. The highest BCUT2D eigenvalue weighted by Gasteiger charge is 2.40. The van der Waals surface area contributed by atoms with Crippen LogP contribution in [0.5, 0.6) is 5.75 Å². The summed E-state index contributed by atoms with van der Waals surface area (Å²) in [5, 5.41) is 10.1. The average Bonchev–Trinajstić information content (AvgIpc) is 3.27. The van der Waals surface area contributed by atoms with Gasteiger partial charge in [0.05, 0.1) is 12.4 Å². The van der Waals surface area contributed by atoms with Gasteiger partial charge in [0, 0.05) is 29.4 Å². The van der Waals surface area contributed by atoms with E-state index in [2.05, 4.69) is 20.9 Å². The van der Waals surface area contributed by atoms with Gasteiger partial charge in [0.2, 0.25) is 11.8 Å². The molecule has 3 aromatic rings. The van der Waals surface area contributed by atoms with Gasteiger partial charge in [-0.25, -0.2) is 4.39 Å². The number of fused-ring (bicyclic) bond motifs is 1. The number of ether oxygens (including phenoxy) is 1. The number of hydrogen-bond acceptors (Lipinski definition) is 5. The lowest BCUT2D eigenvalue weighted by molar-refractivity contribution is -0.133. The number of halogens is 1. The van der Waals surface area contributed by atoms with Gasteiger partial charge in [-0.1, -0.05) is 18.2 Å². The number of piperidine rings is 1. The van der Waals surface area contributed by atoms with E-state index in [0.29, 0.717) is 51.3 Å². The number of H-pyrrole nitrogens is 1. The highest BCUT2D eigenvalue weighted by Crippen LogP contribution is 2.21. The van der Waals surface area contributed by atoms with E-state index < -0.39 is 5.54 Å². The SMILES string of the molecule is O=C(CSCCOc1ccccc1)NC1(C(=O)NCCc2c[nH]c3ccc(F)cc23)CCNCC1. The van der Waals surface area contributed by atoms with Gasteiger partial charge in [-0.3, -0.25) is 9.59 Å². The second-order valence-corrected chi connectivity index (χ2v) is 9.71. The van der Waals surface area contributed by atoms with E-state index in [1.807, 2.05) is 36.5 Å². The first-order valence-electron chi connectivity index (χ1n) is 11.9. The number of para-hydroxylation sites is 1. The van der Waals surface area contributed by atoms with E-state index in [1.165, 1.54) is 23.9 Å². The van der Waals surface area contributed by atoms with Crippen molar-refractivity contribution < 1.29 is 18.7 Å². The zero-order chi connectivity index (χ0) is 24.5. The number of rotatable bonds is 11. The molecule has 35 heavy (non-hydrogen) atoms. The predicted molar refractivity (Wildman–Crippen MR) is 137 cm³/mol. The van der Waals surface area contributed by atoms with Gasteiger partial charge >= 0.3 is 0 Å². The molecule has 4 N–H and O–H groups in total. The minimum absolute atomic E-state index is 0.154. The van der Waals surface area contributed by atoms with Gasteiger partial charge < -0.3 is 25.7 Å². The zero-order valence-corrected chi connectivity index (χ0v) is 20.4. The van der Waals surface area contributed by atoms with Gasteiger partial charge in [-0.2, -0.15) is 0 Å². The summed E-state index contributed by atoms with van der Waals surface area (Å²) in [6, 6.07) is 14.2. The van der Waals surface area contributed by atoms with Crippen molar-refractivity contribution in [2.24, 2.45) is 0 Å². The molecule has 0 atom stereocenters. The first-order chi connectivity index (χ1) is 17.1. The maximum absolute atomic E-state index is 13.6. The van der Waals surface area contributed by atoms with Gasteiger partial charge in [-0.05, 0) is 68.2 Å². The summed E-state index contributed by atoms with van der Waals surface area (Å²) < 4.78 is 19.3. The van der Waals surface area contributed by atoms with Crippen LogP contribution in [0.25, 0.3) is 10.9 Å². The summed E-state index contributed by atoms with van der Waals surface area (Å²) in [6.07, 6.45) is 3.47. The average molecular weight is 499 g/mol. The summed E-state index contributed by atoms with van der Waals surface area (Å²) in [4.78, 5) is 29.0. The fraction of sp³-hybridized carbons (Fsp3) is 0.385. The van der Waals surface area contributed by atoms with Crippen LogP contribution in [-0.2, 0) is 16.0 Å². The molecule has 4 rings (SSSR count). The number of benzene rings is 2. The molecule has 0 radical (unpaired) electrons. The topological polar surface area (TPSA) is 95.2 Å². The molecule has 0 saturated carbocycles. The van der Waals surface area contributed by atoms with Crippen LogP contribution in [0, 0.1) is 5.82 Å². The Morgan fingerprint density at radius 1 is 1.11 bits per heavy atom. The molecule has 1 aliphatic rings. The molecule has 2 aromatic carbocycles. The molecule has 2 heterocycles. The third-order valence-corrected chi connectivity index (χ3v) is 7.07. The smallest absolute Gasteiger partial charge is 0.245 e. The van der Waals surface area contributed by atoms with Crippen LogP contribution in [0.3, 0.4) is 0 Å². The van der Waals surface area contributed by atoms with Crippen LogP contribution >= 0.6 is 11.8 Å². The fourth-order valence-corrected chi connectivity index (χ4v) is 4.91. The largest absolute Gasteiger partial charge is 0.493 e. The first kappa shape index (κ1) is 25.1. The lowest BCUT2D eigenvalue weighted by Crippen LogP contribution is -2.63. The van der Waals surface area contributed by atoms with E-state index in [1.54, 1.807) is 6.07 Å². The van der Waals surface area contributed by atoms with E-state index >= 15 is 0 Å². The van der Waals surface area contributed by atoms with Crippen molar-refractivity contribution in [3.63, 3.8) is 0 Å². The molecule has 1 fully saturated rings. The van der Waals surface area contributed by atoms with E-state index in [4.69, 9.17) is 4.74 Å². The minimum atomic E-state index is -0.921. The van der Waals surface area contributed by atoms with Gasteiger partial charge in [0.25, 0.3) is 0 Å². The quantitative estimate of drug-likeness (QED) is 0.305. The Labute approximate surface area is 208 Å². The van der Waals surface area contributed by atoms with Crippen molar-refractivity contribution in [2.75, 3.05) is 37.7 Å². The second-order valence-electron chi connectivity index (χ2n) is 8.60. The molecule has 0 unspecified atom stereocenters. The Kier molecular flexibility index (Phi) is 8.65. The Balaban J connectivity index is 1.25. The van der Waals surface area contributed by atoms with Crippen LogP contribution in [0.2, 0.25) is 0 Å². The summed E-state index contributed by atoms with van der Waals surface area (Å²) in [5.41, 5.74) is 0.884. The molecule has 2 amide bonds. The lowest BCUT2D eigenvalue weighted by Gasteiger charge is -2.37. The van der Waals surface area contributed by atoms with Crippen LogP contribution < -0.4 is 20.7 Å². The molecule has 7 nitrogen and oxygen atoms in total. The van der Waals surface area contributed by atoms with Gasteiger partial charge in [0.15, 0.2) is 0 Å². The molecule has 9 heteroatoms. The number of aromatic nitrogens is 1. The van der Waals surface area contributed by atoms with E-state index in [-0.39, 0.29) is 23.4 Å². The summed E-state index contributed by atoms with van der Waals surface area (Å²) in [6.45, 7) is 2.23. The number of hydrogen-bond donors (Lipinski definition) is 4. The Morgan fingerprint density at radius 2 is 1.91 bits per heavy atom. The molecule has 0 aliphatic carbocycles. The Morgan fingerprint density at radius 3 is 2.71 bits per heavy atom. The monoisotopic (exact) mass is 498 g/mol. The second kappa shape index (κ2) is 12.1. The lowest BCUT2D eigenvalue weighted by atomic mass is 9.87. The van der Waals surface area contributed by atoms with Crippen molar-refractivity contribution in [3.8, 4) is 5.75 Å². The van der Waals surface area contributed by atoms with Crippen molar-refractivity contribution in [2.45, 2.75) is 24.8 Å². The number of carbonyl (C=O) groups excluding carboxylic acids is 2. The molecule has 0 spiro atoms. The summed E-state index contributed by atoms with van der Waals surface area (Å²) >= 11 is 1.48. The molecule has 1 saturated heterocycles. The summed E-state index contributed by atoms with van der Waals surface area (Å²) in [7, 11) is 0. The Bertz CT molecular complexity index is 1130. The van der Waals surface area contributed by atoms with Gasteiger partial charge in [-0.15, -0.1) is 11.8 Å². The van der Waals surface area contributed by atoms with Crippen molar-refractivity contribution in [1.29, 1.82) is 0 Å². The van der Waals surface area contributed by atoms with Crippen molar-refractivity contribution in [1.82, 2.24) is 20.9 Å². The van der Waals surface area contributed by atoms with Crippen LogP contribution in [0.1, 0.15) is 18.4 Å². The first-order valence-corrected chi connectivity index (χ1v) is 13.0. The van der Waals surface area contributed by atoms with Crippen LogP contribution in [0.4, 0.5) is 4.39 Å². The predicted octanol–water partition coefficient (Wildman–Crippen LogP) is 3.02. The van der Waals surface area contributed by atoms with Crippen LogP contribution in [-0.4, -0.2) is 60.1 Å².